The summed E-state index contributed by atoms with van der Waals surface area (Å²) in [7, 11) is 0. The molecule has 0 atom stereocenters. The number of fused-ring (bicyclic) bond motifs is 1. The van der Waals surface area contributed by atoms with E-state index >= 15 is 0 Å². The number of benzene rings is 3. The molecule has 0 spiro atoms. The zero-order valence-electron chi connectivity index (χ0n) is 17.4. The van der Waals surface area contributed by atoms with Crippen LogP contribution in [0, 0.1) is 0 Å². The summed E-state index contributed by atoms with van der Waals surface area (Å²) >= 11 is 5.80. The van der Waals surface area contributed by atoms with Crippen LogP contribution >= 0.6 is 11.6 Å². The fourth-order valence-corrected chi connectivity index (χ4v) is 3.58. The molecule has 0 saturated heterocycles. The van der Waals surface area contributed by atoms with Crippen molar-refractivity contribution in [3.8, 4) is 0 Å². The Morgan fingerprint density at radius 1 is 0.879 bits per heavy atom. The quantitative estimate of drug-likeness (QED) is 0.423. The third kappa shape index (κ3) is 5.10. The zero-order chi connectivity index (χ0) is 23.4. The average Bonchev–Trinajstić information content (AvgIpc) is 3.07. The van der Waals surface area contributed by atoms with Crippen molar-refractivity contribution in [1.29, 1.82) is 0 Å². The van der Waals surface area contributed by atoms with Gasteiger partial charge in [-0.2, -0.15) is 0 Å². The van der Waals surface area contributed by atoms with Gasteiger partial charge in [0, 0.05) is 17.3 Å². The Kier molecular flexibility index (Phi) is 6.51. The number of ether oxygens (including phenoxy) is 1. The van der Waals surface area contributed by atoms with Crippen LogP contribution in [0.3, 0.4) is 0 Å². The second-order valence-corrected chi connectivity index (χ2v) is 7.83. The highest BCUT2D eigenvalue weighted by Crippen LogP contribution is 2.25. The van der Waals surface area contributed by atoms with Gasteiger partial charge in [0.05, 0.1) is 16.7 Å². The molecule has 7 nitrogen and oxygen atoms in total. The van der Waals surface area contributed by atoms with Gasteiger partial charge in [-0.15, -0.1) is 0 Å². The summed E-state index contributed by atoms with van der Waals surface area (Å²) in [5.41, 5.74) is 1.99. The van der Waals surface area contributed by atoms with Crippen molar-refractivity contribution in [3.63, 3.8) is 0 Å². The number of carbonyl (C=O) groups excluding carboxylic acids is 4. The SMILES string of the molecule is O=C(COC(=O)c1ccc2c(c1)C(=O)N(CCc1ccccc1)C2=O)Nc1ccc(Cl)cc1. The number of anilines is 1. The number of esters is 1. The van der Waals surface area contributed by atoms with Crippen LogP contribution < -0.4 is 5.32 Å². The summed E-state index contributed by atoms with van der Waals surface area (Å²) in [6.07, 6.45) is 0.532. The smallest absolute Gasteiger partial charge is 0.338 e. The molecule has 0 radical (unpaired) electrons. The number of rotatable bonds is 7. The van der Waals surface area contributed by atoms with Crippen molar-refractivity contribution in [2.75, 3.05) is 18.5 Å². The van der Waals surface area contributed by atoms with Crippen molar-refractivity contribution >= 4 is 41.0 Å². The molecule has 3 amide bonds. The molecular weight excluding hydrogens is 444 g/mol. The van der Waals surface area contributed by atoms with Gasteiger partial charge in [-0.25, -0.2) is 4.79 Å². The topological polar surface area (TPSA) is 92.8 Å². The van der Waals surface area contributed by atoms with Gasteiger partial charge < -0.3 is 10.1 Å². The van der Waals surface area contributed by atoms with E-state index in [2.05, 4.69) is 5.32 Å². The summed E-state index contributed by atoms with van der Waals surface area (Å²) in [5, 5.41) is 3.11. The Labute approximate surface area is 194 Å². The summed E-state index contributed by atoms with van der Waals surface area (Å²) in [6.45, 7) is -0.268. The Morgan fingerprint density at radius 3 is 2.30 bits per heavy atom. The molecular formula is C25H19ClN2O5. The van der Waals surface area contributed by atoms with Crippen LogP contribution in [0.25, 0.3) is 0 Å². The molecule has 166 valence electrons. The van der Waals surface area contributed by atoms with Crippen LogP contribution in [0.2, 0.25) is 5.02 Å². The van der Waals surface area contributed by atoms with Gasteiger partial charge in [-0.1, -0.05) is 41.9 Å². The van der Waals surface area contributed by atoms with Crippen molar-refractivity contribution < 1.29 is 23.9 Å². The minimum atomic E-state index is -0.771. The van der Waals surface area contributed by atoms with Crippen LogP contribution in [0.15, 0.2) is 72.8 Å². The summed E-state index contributed by atoms with van der Waals surface area (Å²) < 4.78 is 5.05. The molecule has 8 heteroatoms. The molecule has 1 aliphatic rings. The van der Waals surface area contributed by atoms with E-state index in [1.807, 2.05) is 30.3 Å². The highest BCUT2D eigenvalue weighted by Gasteiger charge is 2.35. The van der Waals surface area contributed by atoms with Gasteiger partial charge in [-0.3, -0.25) is 19.3 Å². The summed E-state index contributed by atoms with van der Waals surface area (Å²) in [6, 6.07) is 20.2. The normalized spacial score (nSPS) is 12.5. The Morgan fingerprint density at radius 2 is 1.58 bits per heavy atom. The van der Waals surface area contributed by atoms with Gasteiger partial charge in [0.1, 0.15) is 0 Å². The number of halogens is 1. The van der Waals surface area contributed by atoms with Gasteiger partial charge >= 0.3 is 5.97 Å². The number of nitrogens with zero attached hydrogens (tertiary/aromatic N) is 1. The predicted octanol–water partition coefficient (Wildman–Crippen LogP) is 3.97. The molecule has 3 aromatic carbocycles. The van der Waals surface area contributed by atoms with E-state index in [9.17, 15) is 19.2 Å². The van der Waals surface area contributed by atoms with E-state index in [0.717, 1.165) is 5.56 Å². The van der Waals surface area contributed by atoms with E-state index in [1.165, 1.54) is 23.1 Å². The molecule has 0 unspecified atom stereocenters. The number of imide groups is 1. The lowest BCUT2D eigenvalue weighted by atomic mass is 10.1. The molecule has 0 aromatic heterocycles. The highest BCUT2D eigenvalue weighted by molar-refractivity contribution is 6.30. The number of nitrogens with one attached hydrogen (secondary N) is 1. The summed E-state index contributed by atoms with van der Waals surface area (Å²) in [5.74, 6) is -2.15. The third-order valence-electron chi connectivity index (χ3n) is 5.14. The second kappa shape index (κ2) is 9.67. The van der Waals surface area contributed by atoms with Crippen LogP contribution in [0.4, 0.5) is 5.69 Å². The van der Waals surface area contributed by atoms with E-state index in [4.69, 9.17) is 16.3 Å². The van der Waals surface area contributed by atoms with E-state index in [-0.39, 0.29) is 23.2 Å². The molecule has 0 bridgehead atoms. The lowest BCUT2D eigenvalue weighted by Gasteiger charge is -2.13. The van der Waals surface area contributed by atoms with Gasteiger partial charge in [0.25, 0.3) is 17.7 Å². The zero-order valence-corrected chi connectivity index (χ0v) is 18.2. The maximum atomic E-state index is 12.8. The first-order valence-electron chi connectivity index (χ1n) is 10.2. The van der Waals surface area contributed by atoms with E-state index in [0.29, 0.717) is 17.1 Å². The Bertz CT molecular complexity index is 1230. The molecule has 0 saturated carbocycles. The molecule has 33 heavy (non-hydrogen) atoms. The summed E-state index contributed by atoms with van der Waals surface area (Å²) in [4.78, 5) is 51.0. The van der Waals surface area contributed by atoms with E-state index in [1.54, 1.807) is 24.3 Å². The maximum absolute atomic E-state index is 12.8. The van der Waals surface area contributed by atoms with Crippen molar-refractivity contribution in [2.24, 2.45) is 0 Å². The molecule has 4 rings (SSSR count). The minimum absolute atomic E-state index is 0.0825. The minimum Gasteiger partial charge on any atom is -0.452 e. The van der Waals surface area contributed by atoms with Gasteiger partial charge in [0.2, 0.25) is 0 Å². The van der Waals surface area contributed by atoms with E-state index < -0.39 is 30.3 Å². The van der Waals surface area contributed by atoms with Crippen molar-refractivity contribution in [3.05, 3.63) is 100 Å². The fourth-order valence-electron chi connectivity index (χ4n) is 3.45. The number of carbonyl (C=O) groups is 4. The lowest BCUT2D eigenvalue weighted by Crippen LogP contribution is -2.31. The predicted molar refractivity (Wildman–Crippen MR) is 122 cm³/mol. The standard InChI is InChI=1S/C25H19ClN2O5/c26-18-7-9-19(10-8-18)27-22(29)15-33-25(32)17-6-11-20-21(14-17)24(31)28(23(20)30)13-12-16-4-2-1-3-5-16/h1-11,14H,12-13,15H2,(H,27,29). The van der Waals surface area contributed by atoms with Gasteiger partial charge in [-0.05, 0) is 54.4 Å². The number of hydrogen-bond donors (Lipinski definition) is 1. The van der Waals surface area contributed by atoms with Crippen LogP contribution in [0.1, 0.15) is 36.6 Å². The molecule has 3 aromatic rings. The highest BCUT2D eigenvalue weighted by atomic mass is 35.5. The number of amides is 3. The van der Waals surface area contributed by atoms with Crippen LogP contribution in [0.5, 0.6) is 0 Å². The largest absolute Gasteiger partial charge is 0.452 e. The molecule has 1 heterocycles. The fraction of sp³-hybridized carbons (Fsp3) is 0.120. The number of hydrogen-bond acceptors (Lipinski definition) is 5. The lowest BCUT2D eigenvalue weighted by molar-refractivity contribution is -0.119. The average molecular weight is 463 g/mol. The first-order chi connectivity index (χ1) is 15.9. The molecule has 1 N–H and O–H groups in total. The van der Waals surface area contributed by atoms with Gasteiger partial charge in [0.15, 0.2) is 6.61 Å². The van der Waals surface area contributed by atoms with Crippen LogP contribution in [-0.4, -0.2) is 41.7 Å². The first kappa shape index (κ1) is 22.2. The first-order valence-corrected chi connectivity index (χ1v) is 10.6. The maximum Gasteiger partial charge on any atom is 0.338 e. The van der Waals surface area contributed by atoms with Crippen molar-refractivity contribution in [2.45, 2.75) is 6.42 Å². The Hall–Kier alpha value is -3.97. The molecule has 0 fully saturated rings. The Balaban J connectivity index is 1.37. The van der Waals surface area contributed by atoms with Crippen molar-refractivity contribution in [1.82, 2.24) is 4.90 Å². The third-order valence-corrected chi connectivity index (χ3v) is 5.39. The van der Waals surface area contributed by atoms with Crippen LogP contribution in [-0.2, 0) is 16.0 Å². The molecule has 0 aliphatic carbocycles. The monoisotopic (exact) mass is 462 g/mol. The molecule has 1 aliphatic heterocycles. The second-order valence-electron chi connectivity index (χ2n) is 7.39.